The Morgan fingerprint density at radius 3 is 2.36 bits per heavy atom. The van der Waals surface area contributed by atoms with Gasteiger partial charge >= 0.3 is 8.80 Å². The molecule has 2 rings (SSSR count). The molecule has 1 aromatic carbocycles. The lowest BCUT2D eigenvalue weighted by Crippen LogP contribution is -2.42. The van der Waals surface area contributed by atoms with Crippen LogP contribution in [0.1, 0.15) is 25.7 Å². The highest BCUT2D eigenvalue weighted by Crippen LogP contribution is 2.17. The number of para-hydroxylation sites is 2. The fourth-order valence-electron chi connectivity index (χ4n) is 3.35. The second-order valence-corrected chi connectivity index (χ2v) is 11.4. The summed E-state index contributed by atoms with van der Waals surface area (Å²) in [5, 5.41) is 0. The van der Waals surface area contributed by atoms with Crippen LogP contribution in [0, 0.1) is 0 Å². The van der Waals surface area contributed by atoms with E-state index in [-0.39, 0.29) is 5.75 Å². The Labute approximate surface area is 168 Å². The molecule has 8 nitrogen and oxygen atoms in total. The molecule has 0 bridgehead atoms. The van der Waals surface area contributed by atoms with E-state index < -0.39 is 18.9 Å². The maximum Gasteiger partial charge on any atom is 0.500 e. The van der Waals surface area contributed by atoms with Crippen LogP contribution in [0.15, 0.2) is 30.6 Å². The van der Waals surface area contributed by atoms with Gasteiger partial charge < -0.3 is 13.3 Å². The third kappa shape index (κ3) is 6.36. The van der Waals surface area contributed by atoms with Gasteiger partial charge in [0, 0.05) is 27.4 Å². The molecule has 0 spiro atoms. The van der Waals surface area contributed by atoms with Gasteiger partial charge in [-0.3, -0.25) is 4.55 Å². The molecule has 0 fully saturated rings. The highest BCUT2D eigenvalue weighted by Gasteiger charge is 2.36. The SMILES string of the molecule is CO[Si](CCCC[n+]1cn(CCCCS(=O)(=O)O)c2ccccc21)(OC)OC. The van der Waals surface area contributed by atoms with Gasteiger partial charge in [-0.25, -0.2) is 9.13 Å². The number of nitrogens with zero attached hydrogens (tertiary/aromatic N) is 2. The van der Waals surface area contributed by atoms with Crippen LogP contribution in [0.3, 0.4) is 0 Å². The monoisotopic (exact) mass is 431 g/mol. The fourth-order valence-corrected chi connectivity index (χ4v) is 5.71. The molecule has 0 saturated heterocycles. The minimum atomic E-state index is -3.89. The van der Waals surface area contributed by atoms with Crippen LogP contribution in [-0.2, 0) is 36.5 Å². The van der Waals surface area contributed by atoms with Gasteiger partial charge in [0.2, 0.25) is 6.33 Å². The maximum absolute atomic E-state index is 10.9. The van der Waals surface area contributed by atoms with Gasteiger partial charge in [-0.2, -0.15) is 8.42 Å². The second kappa shape index (κ2) is 10.5. The van der Waals surface area contributed by atoms with Crippen molar-refractivity contribution in [1.82, 2.24) is 4.57 Å². The van der Waals surface area contributed by atoms with Crippen LogP contribution in [-0.4, -0.2) is 53.4 Å². The van der Waals surface area contributed by atoms with Crippen LogP contribution in [0.5, 0.6) is 0 Å². The Balaban J connectivity index is 1.97. The van der Waals surface area contributed by atoms with E-state index in [2.05, 4.69) is 27.6 Å². The third-order valence-corrected chi connectivity index (χ3v) is 8.53. The highest BCUT2D eigenvalue weighted by atomic mass is 32.2. The van der Waals surface area contributed by atoms with Crippen molar-refractivity contribution in [3.8, 4) is 0 Å². The molecule has 0 atom stereocenters. The number of fused-ring (bicyclic) bond motifs is 1. The molecular weight excluding hydrogens is 400 g/mol. The van der Waals surface area contributed by atoms with Crippen LogP contribution in [0.25, 0.3) is 11.0 Å². The number of aromatic nitrogens is 2. The van der Waals surface area contributed by atoms with E-state index in [0.717, 1.165) is 36.5 Å². The topological polar surface area (TPSA) is 90.9 Å². The summed E-state index contributed by atoms with van der Waals surface area (Å²) in [5.74, 6) is -0.198. The summed E-state index contributed by atoms with van der Waals surface area (Å²) in [5.41, 5.74) is 2.26. The summed E-state index contributed by atoms with van der Waals surface area (Å²) in [6.07, 6.45) is 5.09. The number of rotatable bonds is 13. The van der Waals surface area contributed by atoms with Gasteiger partial charge in [0.25, 0.3) is 10.1 Å². The highest BCUT2D eigenvalue weighted by molar-refractivity contribution is 7.85. The summed E-state index contributed by atoms with van der Waals surface area (Å²) in [4.78, 5) is 0. The first-order valence-electron chi connectivity index (χ1n) is 9.42. The molecular formula is C18H31N2O6SSi+. The summed E-state index contributed by atoms with van der Waals surface area (Å²) >= 11 is 0. The van der Waals surface area contributed by atoms with Crippen LogP contribution in [0.4, 0.5) is 0 Å². The molecule has 0 aliphatic carbocycles. The van der Waals surface area contributed by atoms with E-state index >= 15 is 0 Å². The number of imidazole rings is 1. The minimum Gasteiger partial charge on any atom is -0.377 e. The van der Waals surface area contributed by atoms with Crippen LogP contribution in [0.2, 0.25) is 6.04 Å². The maximum atomic E-state index is 10.9. The predicted molar refractivity (Wildman–Crippen MR) is 109 cm³/mol. The molecule has 0 aliphatic rings. The smallest absolute Gasteiger partial charge is 0.377 e. The van der Waals surface area contributed by atoms with E-state index in [0.29, 0.717) is 19.4 Å². The number of benzene rings is 1. The normalized spacial score (nSPS) is 12.7. The number of unbranched alkanes of at least 4 members (excludes halogenated alkanes) is 2. The number of hydrogen-bond donors (Lipinski definition) is 1. The number of hydrogen-bond acceptors (Lipinski definition) is 5. The molecule has 1 heterocycles. The first-order valence-corrected chi connectivity index (χ1v) is 13.0. The summed E-state index contributed by atoms with van der Waals surface area (Å²) in [6.45, 7) is 1.57. The van der Waals surface area contributed by atoms with Crippen LogP contribution >= 0.6 is 0 Å². The quantitative estimate of drug-likeness (QED) is 0.226. The van der Waals surface area contributed by atoms with Crippen molar-refractivity contribution in [3.05, 3.63) is 30.6 Å². The first-order chi connectivity index (χ1) is 13.3. The Hall–Kier alpha value is -1.30. The van der Waals surface area contributed by atoms with Crippen molar-refractivity contribution in [3.63, 3.8) is 0 Å². The van der Waals surface area contributed by atoms with Crippen molar-refractivity contribution in [2.45, 2.75) is 44.8 Å². The van der Waals surface area contributed by atoms with Gasteiger partial charge in [-0.05, 0) is 37.8 Å². The summed E-state index contributed by atoms with van der Waals surface area (Å²) in [7, 11) is -1.53. The van der Waals surface area contributed by atoms with E-state index in [1.54, 1.807) is 21.3 Å². The average Bonchev–Trinajstić information content (AvgIpc) is 3.03. The second-order valence-electron chi connectivity index (χ2n) is 6.74. The van der Waals surface area contributed by atoms with E-state index in [1.165, 1.54) is 0 Å². The molecule has 0 saturated carbocycles. The van der Waals surface area contributed by atoms with Gasteiger partial charge in [0.15, 0.2) is 11.0 Å². The molecule has 2 aromatic rings. The van der Waals surface area contributed by atoms with Gasteiger partial charge in [0.05, 0.1) is 18.8 Å². The zero-order valence-electron chi connectivity index (χ0n) is 16.8. The molecule has 1 N–H and O–H groups in total. The van der Waals surface area contributed by atoms with E-state index in [9.17, 15) is 8.42 Å². The standard InChI is InChI=1S/C18H30N2O6SSi/c1-24-28(25-2,26-3)15-9-7-13-20-16-19(12-6-8-14-27(21,22)23)17-10-4-5-11-18(17)20/h4-5,10-11,16H,6-9,12-15H2,1-3H3/p+1. The zero-order chi connectivity index (χ0) is 20.6. The average molecular weight is 432 g/mol. The van der Waals surface area contributed by atoms with Gasteiger partial charge in [-0.15, -0.1) is 0 Å². The Morgan fingerprint density at radius 2 is 1.71 bits per heavy atom. The van der Waals surface area contributed by atoms with Crippen molar-refractivity contribution < 1.29 is 30.8 Å². The Kier molecular flexibility index (Phi) is 8.59. The lowest BCUT2D eigenvalue weighted by atomic mass is 10.3. The van der Waals surface area contributed by atoms with Gasteiger partial charge in [-0.1, -0.05) is 12.1 Å². The molecule has 158 valence electrons. The van der Waals surface area contributed by atoms with E-state index in [1.807, 2.05) is 12.1 Å². The zero-order valence-corrected chi connectivity index (χ0v) is 18.7. The fraction of sp³-hybridized carbons (Fsp3) is 0.611. The van der Waals surface area contributed by atoms with Crippen molar-refractivity contribution in [2.24, 2.45) is 0 Å². The molecule has 0 amide bonds. The van der Waals surface area contributed by atoms with Crippen LogP contribution < -0.4 is 4.57 Å². The number of aryl methyl sites for hydroxylation is 2. The summed E-state index contributed by atoms with van der Waals surface area (Å²) in [6, 6.07) is 8.93. The minimum absolute atomic E-state index is 0.198. The molecule has 0 radical (unpaired) electrons. The lowest BCUT2D eigenvalue weighted by Gasteiger charge is -2.23. The lowest BCUT2D eigenvalue weighted by molar-refractivity contribution is -0.672. The Bertz CT molecular complexity index is 843. The third-order valence-electron chi connectivity index (χ3n) is 4.90. The van der Waals surface area contributed by atoms with Crippen molar-refractivity contribution >= 4 is 30.0 Å². The first kappa shape index (κ1) is 23.0. The summed E-state index contributed by atoms with van der Waals surface area (Å²) < 4.78 is 51.3. The van der Waals surface area contributed by atoms with Gasteiger partial charge in [0.1, 0.15) is 0 Å². The molecule has 1 aromatic heterocycles. The molecule has 10 heteroatoms. The van der Waals surface area contributed by atoms with Crippen molar-refractivity contribution in [1.29, 1.82) is 0 Å². The van der Waals surface area contributed by atoms with E-state index in [4.69, 9.17) is 17.8 Å². The molecule has 28 heavy (non-hydrogen) atoms. The largest absolute Gasteiger partial charge is 0.500 e. The predicted octanol–water partition coefficient (Wildman–Crippen LogP) is 2.26. The molecule has 0 unspecified atom stereocenters. The van der Waals surface area contributed by atoms with Crippen molar-refractivity contribution in [2.75, 3.05) is 27.1 Å². The molecule has 0 aliphatic heterocycles. The Morgan fingerprint density at radius 1 is 1.04 bits per heavy atom.